The van der Waals surface area contributed by atoms with Crippen LogP contribution in [0.5, 0.6) is 0 Å². The first kappa shape index (κ1) is 12.3. The second kappa shape index (κ2) is 7.90. The van der Waals surface area contributed by atoms with Gasteiger partial charge in [-0.1, -0.05) is 13.8 Å². The maximum absolute atomic E-state index is 5.52. The third-order valence-electron chi connectivity index (χ3n) is 1.80. The molecule has 2 nitrogen and oxygen atoms in total. The molecule has 0 heterocycles. The Labute approximate surface area is 80.2 Å². The first-order valence-electron chi connectivity index (χ1n) is 4.51. The van der Waals surface area contributed by atoms with Crippen LogP contribution < -0.4 is 5.73 Å². The Morgan fingerprint density at radius 2 is 2.08 bits per heavy atom. The lowest BCUT2D eigenvalue weighted by Crippen LogP contribution is -2.14. The molecule has 0 aromatic heterocycles. The van der Waals surface area contributed by atoms with Crippen LogP contribution in [0, 0.1) is 5.92 Å². The zero-order valence-corrected chi connectivity index (χ0v) is 9.19. The molecule has 2 N–H and O–H groups in total. The van der Waals surface area contributed by atoms with Gasteiger partial charge < -0.3 is 10.5 Å². The molecule has 0 bridgehead atoms. The molecule has 0 saturated heterocycles. The molecule has 0 aliphatic carbocycles. The summed E-state index contributed by atoms with van der Waals surface area (Å²) in [6, 6.07) is 0. The average Bonchev–Trinajstić information content (AvgIpc) is 2.10. The normalized spacial score (nSPS) is 16.0. The van der Waals surface area contributed by atoms with Gasteiger partial charge in [0.1, 0.15) is 0 Å². The molecular weight excluding hydrogens is 170 g/mol. The van der Waals surface area contributed by atoms with E-state index in [0.29, 0.717) is 11.2 Å². The molecule has 0 aromatic carbocycles. The number of ether oxygens (including phenoxy) is 1. The highest BCUT2D eigenvalue weighted by molar-refractivity contribution is 7.99. The second-order valence-electron chi connectivity index (χ2n) is 3.27. The Balaban J connectivity index is 3.24. The van der Waals surface area contributed by atoms with E-state index in [-0.39, 0.29) is 0 Å². The van der Waals surface area contributed by atoms with Gasteiger partial charge in [-0.3, -0.25) is 0 Å². The van der Waals surface area contributed by atoms with Gasteiger partial charge >= 0.3 is 0 Å². The van der Waals surface area contributed by atoms with Gasteiger partial charge in [0, 0.05) is 19.0 Å². The molecule has 0 radical (unpaired) electrons. The molecule has 0 aliphatic rings. The predicted molar refractivity (Wildman–Crippen MR) is 56.6 cm³/mol. The van der Waals surface area contributed by atoms with Crippen molar-refractivity contribution >= 4 is 11.8 Å². The monoisotopic (exact) mass is 191 g/mol. The summed E-state index contributed by atoms with van der Waals surface area (Å²) in [5, 5.41) is 0.693. The van der Waals surface area contributed by atoms with Crippen molar-refractivity contribution in [2.24, 2.45) is 11.7 Å². The summed E-state index contributed by atoms with van der Waals surface area (Å²) in [5.74, 6) is 1.81. The fraction of sp³-hybridized carbons (Fsp3) is 1.00. The van der Waals surface area contributed by atoms with Crippen LogP contribution in [0.4, 0.5) is 0 Å². The van der Waals surface area contributed by atoms with Gasteiger partial charge in [-0.25, -0.2) is 0 Å². The van der Waals surface area contributed by atoms with E-state index in [1.165, 1.54) is 5.75 Å². The van der Waals surface area contributed by atoms with Gasteiger partial charge in [0.05, 0.1) is 0 Å². The number of methoxy groups -OCH3 is 1. The number of hydrogen-bond acceptors (Lipinski definition) is 3. The summed E-state index contributed by atoms with van der Waals surface area (Å²) in [4.78, 5) is 0. The van der Waals surface area contributed by atoms with E-state index in [0.717, 1.165) is 19.6 Å². The Hall–Kier alpha value is 0.270. The summed E-state index contributed by atoms with van der Waals surface area (Å²) < 4.78 is 5.01. The summed E-state index contributed by atoms with van der Waals surface area (Å²) >= 11 is 1.99. The van der Waals surface area contributed by atoms with Crippen molar-refractivity contribution in [2.45, 2.75) is 25.5 Å². The highest BCUT2D eigenvalue weighted by Crippen LogP contribution is 2.16. The molecule has 0 rings (SSSR count). The Kier molecular flexibility index (Phi) is 8.07. The topological polar surface area (TPSA) is 35.2 Å². The molecule has 0 saturated carbocycles. The fourth-order valence-electron chi connectivity index (χ4n) is 0.764. The highest BCUT2D eigenvalue weighted by Gasteiger charge is 2.05. The zero-order chi connectivity index (χ0) is 9.40. The fourth-order valence-corrected chi connectivity index (χ4v) is 1.82. The summed E-state index contributed by atoms with van der Waals surface area (Å²) in [6.45, 7) is 6.10. The summed E-state index contributed by atoms with van der Waals surface area (Å²) in [7, 11) is 1.75. The zero-order valence-electron chi connectivity index (χ0n) is 8.38. The van der Waals surface area contributed by atoms with Gasteiger partial charge in [0.25, 0.3) is 0 Å². The third kappa shape index (κ3) is 6.95. The van der Waals surface area contributed by atoms with Crippen LogP contribution in [0.25, 0.3) is 0 Å². The highest BCUT2D eigenvalue weighted by atomic mass is 32.2. The SMILES string of the molecule is COCCC(C)SCC(C)CN. The molecule has 0 fully saturated rings. The van der Waals surface area contributed by atoms with Crippen LogP contribution in [-0.2, 0) is 4.74 Å². The van der Waals surface area contributed by atoms with E-state index in [1.807, 2.05) is 11.8 Å². The molecule has 0 aromatic rings. The van der Waals surface area contributed by atoms with E-state index in [1.54, 1.807) is 7.11 Å². The molecule has 0 aliphatic heterocycles. The van der Waals surface area contributed by atoms with Crippen LogP contribution in [0.15, 0.2) is 0 Å². The van der Waals surface area contributed by atoms with Crippen molar-refractivity contribution < 1.29 is 4.74 Å². The van der Waals surface area contributed by atoms with Crippen molar-refractivity contribution in [3.63, 3.8) is 0 Å². The van der Waals surface area contributed by atoms with Crippen molar-refractivity contribution in [1.82, 2.24) is 0 Å². The molecule has 12 heavy (non-hydrogen) atoms. The van der Waals surface area contributed by atoms with E-state index in [4.69, 9.17) is 10.5 Å². The Morgan fingerprint density at radius 3 is 2.58 bits per heavy atom. The average molecular weight is 191 g/mol. The maximum Gasteiger partial charge on any atom is 0.0472 e. The number of thioether (sulfide) groups is 1. The summed E-state index contributed by atoms with van der Waals surface area (Å²) in [5.41, 5.74) is 5.52. The molecule has 2 unspecified atom stereocenters. The van der Waals surface area contributed by atoms with Crippen LogP contribution in [0.2, 0.25) is 0 Å². The molecule has 0 amide bonds. The van der Waals surface area contributed by atoms with Gasteiger partial charge in [-0.05, 0) is 24.6 Å². The molecule has 74 valence electrons. The minimum absolute atomic E-state index is 0.639. The van der Waals surface area contributed by atoms with E-state index >= 15 is 0 Å². The van der Waals surface area contributed by atoms with Gasteiger partial charge in [-0.15, -0.1) is 0 Å². The predicted octanol–water partition coefficient (Wildman–Crippen LogP) is 1.74. The molecule has 2 atom stereocenters. The third-order valence-corrected chi connectivity index (χ3v) is 3.36. The number of hydrogen-bond donors (Lipinski definition) is 1. The quantitative estimate of drug-likeness (QED) is 0.666. The van der Waals surface area contributed by atoms with E-state index in [2.05, 4.69) is 13.8 Å². The standard InChI is InChI=1S/C9H21NOS/c1-8(6-10)7-12-9(2)4-5-11-3/h8-9H,4-7,10H2,1-3H3. The van der Waals surface area contributed by atoms with E-state index in [9.17, 15) is 0 Å². The first-order chi connectivity index (χ1) is 5.70. The van der Waals surface area contributed by atoms with Crippen molar-refractivity contribution in [1.29, 1.82) is 0 Å². The minimum Gasteiger partial charge on any atom is -0.385 e. The second-order valence-corrected chi connectivity index (χ2v) is 4.74. The van der Waals surface area contributed by atoms with E-state index < -0.39 is 0 Å². The first-order valence-corrected chi connectivity index (χ1v) is 5.56. The maximum atomic E-state index is 5.52. The van der Waals surface area contributed by atoms with Crippen LogP contribution >= 0.6 is 11.8 Å². The van der Waals surface area contributed by atoms with Gasteiger partial charge in [-0.2, -0.15) is 11.8 Å². The smallest absolute Gasteiger partial charge is 0.0472 e. The van der Waals surface area contributed by atoms with Gasteiger partial charge in [0.15, 0.2) is 0 Å². The lowest BCUT2D eigenvalue weighted by molar-refractivity contribution is 0.195. The Bertz CT molecular complexity index is 101. The summed E-state index contributed by atoms with van der Waals surface area (Å²) in [6.07, 6.45) is 1.14. The molecule has 0 spiro atoms. The number of rotatable bonds is 7. The molecule has 3 heteroatoms. The minimum atomic E-state index is 0.639. The largest absolute Gasteiger partial charge is 0.385 e. The van der Waals surface area contributed by atoms with Crippen LogP contribution in [0.1, 0.15) is 20.3 Å². The molecular formula is C9H21NOS. The van der Waals surface area contributed by atoms with Crippen molar-refractivity contribution in [2.75, 3.05) is 26.0 Å². The van der Waals surface area contributed by atoms with Crippen LogP contribution in [-0.4, -0.2) is 31.3 Å². The lowest BCUT2D eigenvalue weighted by Gasteiger charge is -2.13. The van der Waals surface area contributed by atoms with Crippen LogP contribution in [0.3, 0.4) is 0 Å². The Morgan fingerprint density at radius 1 is 1.42 bits per heavy atom. The van der Waals surface area contributed by atoms with Crippen molar-refractivity contribution in [3.05, 3.63) is 0 Å². The number of nitrogens with two attached hydrogens (primary N) is 1. The lowest BCUT2D eigenvalue weighted by atomic mass is 10.2. The van der Waals surface area contributed by atoms with Crippen molar-refractivity contribution in [3.8, 4) is 0 Å². The van der Waals surface area contributed by atoms with Gasteiger partial charge in [0.2, 0.25) is 0 Å².